The Morgan fingerprint density at radius 1 is 1.16 bits per heavy atom. The van der Waals surface area contributed by atoms with Gasteiger partial charge in [-0.25, -0.2) is 9.37 Å². The highest BCUT2D eigenvalue weighted by atomic mass is 19.1. The number of fused-ring (bicyclic) bond motifs is 2. The second-order valence-corrected chi connectivity index (χ2v) is 9.67. The summed E-state index contributed by atoms with van der Waals surface area (Å²) in [6, 6.07) is 4.91. The van der Waals surface area contributed by atoms with Gasteiger partial charge in [0.2, 0.25) is 5.75 Å². The highest BCUT2D eigenvalue weighted by molar-refractivity contribution is 6.34. The van der Waals surface area contributed by atoms with E-state index in [1.807, 2.05) is 0 Å². The Labute approximate surface area is 211 Å². The first-order chi connectivity index (χ1) is 17.5. The van der Waals surface area contributed by atoms with Gasteiger partial charge in [-0.2, -0.15) is 0 Å². The van der Waals surface area contributed by atoms with Crippen LogP contribution in [0.1, 0.15) is 47.1 Å². The molecule has 2 aromatic rings. The number of carbonyl (C=O) groups is 4. The molecular formula is C25H28FN5O6. The van der Waals surface area contributed by atoms with Crippen molar-refractivity contribution in [2.45, 2.75) is 44.2 Å². The Morgan fingerprint density at radius 2 is 1.86 bits per heavy atom. The van der Waals surface area contributed by atoms with E-state index >= 15 is 0 Å². The molecule has 3 atom stereocenters. The van der Waals surface area contributed by atoms with Gasteiger partial charge in [-0.3, -0.25) is 28.5 Å². The minimum Gasteiger partial charge on any atom is -0.501 e. The summed E-state index contributed by atoms with van der Waals surface area (Å²) in [6.07, 6.45) is 1.80. The molecule has 3 heterocycles. The van der Waals surface area contributed by atoms with E-state index in [2.05, 4.69) is 15.6 Å². The van der Waals surface area contributed by atoms with Crippen LogP contribution in [-0.2, 0) is 27.3 Å². The van der Waals surface area contributed by atoms with Crippen molar-refractivity contribution in [2.24, 2.45) is 5.92 Å². The lowest BCUT2D eigenvalue weighted by molar-refractivity contribution is -0.144. The smallest absolute Gasteiger partial charge is 0.311 e. The maximum Gasteiger partial charge on any atom is 0.311 e. The first-order valence-electron chi connectivity index (χ1n) is 11.9. The molecule has 0 radical (unpaired) electrons. The average molecular weight is 514 g/mol. The van der Waals surface area contributed by atoms with Gasteiger partial charge in [0.1, 0.15) is 11.6 Å². The van der Waals surface area contributed by atoms with E-state index in [4.69, 9.17) is 0 Å². The predicted molar refractivity (Wildman–Crippen MR) is 128 cm³/mol. The lowest BCUT2D eigenvalue weighted by atomic mass is 9.79. The van der Waals surface area contributed by atoms with Crippen LogP contribution in [0.3, 0.4) is 0 Å². The number of nitrogens with zero attached hydrogens (tertiary/aromatic N) is 3. The van der Waals surface area contributed by atoms with E-state index in [0.29, 0.717) is 18.4 Å². The van der Waals surface area contributed by atoms with Gasteiger partial charge >= 0.3 is 11.8 Å². The highest BCUT2D eigenvalue weighted by Gasteiger charge is 2.41. The number of amides is 3. The molecule has 2 aliphatic heterocycles. The minimum absolute atomic E-state index is 0.0138. The Balaban J connectivity index is 1.53. The molecule has 11 nitrogen and oxygen atoms in total. The number of likely N-dealkylation sites (N-methyl/N-ethyl adjacent to an activating group) is 1. The molecule has 3 unspecified atom stereocenters. The Kier molecular flexibility index (Phi) is 7.37. The molecule has 12 heteroatoms. The van der Waals surface area contributed by atoms with Gasteiger partial charge in [-0.1, -0.05) is 12.1 Å². The summed E-state index contributed by atoms with van der Waals surface area (Å²) >= 11 is 0. The van der Waals surface area contributed by atoms with E-state index in [0.717, 1.165) is 6.42 Å². The van der Waals surface area contributed by atoms with E-state index in [-0.39, 0.29) is 37.0 Å². The summed E-state index contributed by atoms with van der Waals surface area (Å²) in [7, 11) is 2.94. The van der Waals surface area contributed by atoms with Crippen LogP contribution in [-0.4, -0.2) is 69.7 Å². The summed E-state index contributed by atoms with van der Waals surface area (Å²) in [6.45, 7) is -0.121. The van der Waals surface area contributed by atoms with Crippen LogP contribution < -0.4 is 16.2 Å². The monoisotopic (exact) mass is 513 g/mol. The van der Waals surface area contributed by atoms with E-state index in [9.17, 15) is 33.5 Å². The van der Waals surface area contributed by atoms with Crippen LogP contribution in [0.5, 0.6) is 5.75 Å². The molecule has 2 bridgehead atoms. The third kappa shape index (κ3) is 5.52. The van der Waals surface area contributed by atoms with E-state index in [1.165, 1.54) is 47.8 Å². The number of aromatic nitrogens is 2. The van der Waals surface area contributed by atoms with Crippen molar-refractivity contribution in [3.8, 4) is 5.75 Å². The maximum absolute atomic E-state index is 13.1. The van der Waals surface area contributed by atoms with Crippen LogP contribution in [0.2, 0.25) is 0 Å². The number of benzene rings is 1. The molecule has 5 rings (SSSR count). The van der Waals surface area contributed by atoms with Gasteiger partial charge in [0, 0.05) is 39.0 Å². The molecule has 3 N–H and O–H groups in total. The summed E-state index contributed by atoms with van der Waals surface area (Å²) in [5, 5.41) is 15.6. The molecule has 3 aliphatic rings. The molecule has 196 valence electrons. The Hall–Kier alpha value is -4.09. The molecule has 1 saturated carbocycles. The van der Waals surface area contributed by atoms with Crippen molar-refractivity contribution in [3.05, 3.63) is 57.5 Å². The quantitative estimate of drug-likeness (QED) is 0.464. The molecule has 1 aromatic carbocycles. The second-order valence-electron chi connectivity index (χ2n) is 9.67. The molecule has 0 spiro atoms. The van der Waals surface area contributed by atoms with Gasteiger partial charge in [0.25, 0.3) is 11.5 Å². The zero-order valence-electron chi connectivity index (χ0n) is 20.5. The van der Waals surface area contributed by atoms with Gasteiger partial charge in [-0.05, 0) is 42.9 Å². The molecule has 37 heavy (non-hydrogen) atoms. The average Bonchev–Trinajstić information content (AvgIpc) is 3.13. The molecule has 3 amide bonds. The fourth-order valence-corrected chi connectivity index (χ4v) is 4.92. The van der Waals surface area contributed by atoms with Crippen molar-refractivity contribution in [3.63, 3.8) is 0 Å². The number of hydrogen-bond donors (Lipinski definition) is 3. The predicted octanol–water partition coefficient (Wildman–Crippen LogP) is 0.0999. The third-order valence-corrected chi connectivity index (χ3v) is 6.80. The SMILES string of the molecule is CN(C)C(=O)C(=O)NC1CC2CCC1c1nc(C(=O)NCC(=O)Cc3ccc(F)cc3)c(O)c(=O)n1C2. The fraction of sp³-hybridized carbons (Fsp3) is 0.440. The largest absolute Gasteiger partial charge is 0.501 e. The maximum atomic E-state index is 13.1. The Morgan fingerprint density at radius 3 is 2.54 bits per heavy atom. The van der Waals surface area contributed by atoms with Crippen LogP contribution in [0.25, 0.3) is 0 Å². The van der Waals surface area contributed by atoms with Crippen molar-refractivity contribution in [2.75, 3.05) is 20.6 Å². The number of ketones is 1. The van der Waals surface area contributed by atoms with Gasteiger partial charge in [0.15, 0.2) is 11.5 Å². The van der Waals surface area contributed by atoms with Crippen molar-refractivity contribution >= 4 is 23.5 Å². The fourth-order valence-electron chi connectivity index (χ4n) is 4.92. The molecule has 1 aliphatic carbocycles. The summed E-state index contributed by atoms with van der Waals surface area (Å²) in [5.41, 5.74) is -0.715. The zero-order valence-corrected chi connectivity index (χ0v) is 20.5. The van der Waals surface area contributed by atoms with Crippen molar-refractivity contribution in [1.82, 2.24) is 25.1 Å². The molecular weight excluding hydrogens is 485 g/mol. The summed E-state index contributed by atoms with van der Waals surface area (Å²) in [5.74, 6) is -4.18. The van der Waals surface area contributed by atoms with Crippen molar-refractivity contribution < 1.29 is 28.7 Å². The molecule has 1 aromatic heterocycles. The number of halogens is 1. The van der Waals surface area contributed by atoms with E-state index < -0.39 is 52.5 Å². The van der Waals surface area contributed by atoms with E-state index in [1.54, 1.807) is 0 Å². The van der Waals surface area contributed by atoms with Crippen LogP contribution in [0.4, 0.5) is 4.39 Å². The normalized spacial score (nSPS) is 19.9. The number of carbonyl (C=O) groups excluding carboxylic acids is 4. The van der Waals surface area contributed by atoms with Crippen molar-refractivity contribution in [1.29, 1.82) is 0 Å². The van der Waals surface area contributed by atoms with Gasteiger partial charge < -0.3 is 20.6 Å². The number of aromatic hydroxyl groups is 1. The van der Waals surface area contributed by atoms with Crippen LogP contribution >= 0.6 is 0 Å². The number of rotatable bonds is 6. The number of hydrogen-bond acceptors (Lipinski definition) is 7. The minimum atomic E-state index is -0.896. The molecule has 0 saturated heterocycles. The second kappa shape index (κ2) is 10.5. The third-order valence-electron chi connectivity index (χ3n) is 6.80. The lowest BCUT2D eigenvalue weighted by Crippen LogP contribution is -2.48. The first kappa shape index (κ1) is 26.0. The number of nitrogens with one attached hydrogen (secondary N) is 2. The lowest BCUT2D eigenvalue weighted by Gasteiger charge is -2.32. The molecule has 1 fully saturated rings. The van der Waals surface area contributed by atoms with Crippen LogP contribution in [0.15, 0.2) is 29.1 Å². The summed E-state index contributed by atoms with van der Waals surface area (Å²) < 4.78 is 14.4. The van der Waals surface area contributed by atoms with Gasteiger partial charge in [0.05, 0.1) is 6.54 Å². The standard InChI is InChI=1S/C25H28FN5O6/c1-30(2)25(37)23(35)28-18-10-14-5-8-17(18)21-29-19(20(33)24(36)31(21)12-14)22(34)27-11-16(32)9-13-3-6-15(26)7-4-13/h3-4,6-7,14,17-18,33H,5,8-12H2,1-2H3,(H,27,34)(H,28,35). The van der Waals surface area contributed by atoms with Crippen LogP contribution in [0, 0.1) is 11.7 Å². The zero-order chi connectivity index (χ0) is 26.9. The van der Waals surface area contributed by atoms with Gasteiger partial charge in [-0.15, -0.1) is 0 Å². The number of Topliss-reactive ketones (excluding diaryl/α,β-unsaturated/α-hetero) is 1. The summed E-state index contributed by atoms with van der Waals surface area (Å²) in [4.78, 5) is 68.0. The Bertz CT molecular complexity index is 1310. The topological polar surface area (TPSA) is 151 Å². The first-order valence-corrected chi connectivity index (χ1v) is 11.9. The highest BCUT2D eigenvalue weighted by Crippen LogP contribution is 2.39.